The van der Waals surface area contributed by atoms with Crippen molar-refractivity contribution in [1.29, 1.82) is 10.8 Å². The molecule has 30 heteroatoms. The number of phenols is 2. The largest absolute Gasteiger partial charge is 0.508 e. The lowest BCUT2D eigenvalue weighted by atomic mass is 9.77. The summed E-state index contributed by atoms with van der Waals surface area (Å²) in [5, 5.41) is 69.3. The molecule has 4 saturated heterocycles. The third-order valence-corrected chi connectivity index (χ3v) is 19.8. The molecule has 6 atom stereocenters. The molecule has 4 fully saturated rings. The van der Waals surface area contributed by atoms with E-state index in [1.807, 2.05) is 23.5 Å². The molecule has 0 unspecified atom stereocenters. The predicted octanol–water partition coefficient (Wildman–Crippen LogP) is 2.99. The molecule has 28 nitrogen and oxygen atoms in total. The minimum atomic E-state index is -1.46. The first-order valence-electron chi connectivity index (χ1n) is 32.2. The highest BCUT2D eigenvalue weighted by Gasteiger charge is 2.54. The summed E-state index contributed by atoms with van der Waals surface area (Å²) in [7, 11) is 0. The molecule has 0 aromatic heterocycles. The maximum atomic E-state index is 13.5. The number of nitrogens with one attached hydrogen (secondary N) is 13. The fourth-order valence-corrected chi connectivity index (χ4v) is 15.3. The van der Waals surface area contributed by atoms with Crippen molar-refractivity contribution in [2.24, 2.45) is 0 Å². The molecule has 95 heavy (non-hydrogen) atoms. The Morgan fingerprint density at radius 2 is 1.01 bits per heavy atom. The van der Waals surface area contributed by atoms with Crippen LogP contribution in [0.15, 0.2) is 72.8 Å². The van der Waals surface area contributed by atoms with Crippen molar-refractivity contribution >= 4 is 82.7 Å². The maximum Gasteiger partial charge on any atom is 0.340 e. The molecule has 1 spiro atoms. The molecule has 4 aromatic carbocycles. The summed E-state index contributed by atoms with van der Waals surface area (Å²) >= 11 is 3.80. The predicted molar refractivity (Wildman–Crippen MR) is 355 cm³/mol. The van der Waals surface area contributed by atoms with E-state index in [0.29, 0.717) is 88.3 Å². The minimum absolute atomic E-state index is 0.0225. The minimum Gasteiger partial charge on any atom is -0.508 e. The quantitative estimate of drug-likeness (QED) is 0.0230. The van der Waals surface area contributed by atoms with Gasteiger partial charge in [0.1, 0.15) is 23.0 Å². The number of urea groups is 1. The maximum absolute atomic E-state index is 13.5. The van der Waals surface area contributed by atoms with E-state index in [-0.39, 0.29) is 155 Å². The van der Waals surface area contributed by atoms with E-state index in [0.717, 1.165) is 50.0 Å². The van der Waals surface area contributed by atoms with Crippen LogP contribution in [0, 0.1) is 10.8 Å². The van der Waals surface area contributed by atoms with E-state index < -0.39 is 29.4 Å². The average Bonchev–Trinajstić information content (AvgIpc) is 1.63. The first kappa shape index (κ1) is 69.3. The van der Waals surface area contributed by atoms with Crippen molar-refractivity contribution in [2.75, 3.05) is 109 Å². The topological polar surface area (TPSA) is 395 Å². The van der Waals surface area contributed by atoms with Crippen molar-refractivity contribution < 1.29 is 72.2 Å². The SMILES string of the molecule is N=C1N[C@H]2[C@H](CS[C@H]2CCCCC(=O)NCCOCCNC(=O)c2cc(NC(=O)NCCOCCOCCNC(=O)Cc3ccc4c(c3)C3(OC4=O)c4ccc(O)cc4Oc4cc(O)ccc43)cc(C(=O)NCCOCCNC(=O)CCCC[C@@H]3SC[C@@H]4NC(=N)N[C@@H]43)c2)N1. The van der Waals surface area contributed by atoms with Gasteiger partial charge in [-0.3, -0.25) is 34.8 Å². The zero-order valence-corrected chi connectivity index (χ0v) is 54.2. The fourth-order valence-electron chi connectivity index (χ4n) is 12.3. The number of carbonyl (C=O) groups excluding carboxylic acids is 7. The number of unbranched alkanes of at least 4 members (excludes halogenated alkanes) is 2. The van der Waals surface area contributed by atoms with Crippen LogP contribution < -0.4 is 63.2 Å². The first-order valence-corrected chi connectivity index (χ1v) is 34.3. The third-order valence-electron chi connectivity index (χ3n) is 16.8. The molecular weight excluding hydrogens is 1270 g/mol. The number of hydrogen-bond acceptors (Lipinski definition) is 19. The number of guanidine groups is 2. The van der Waals surface area contributed by atoms with Crippen LogP contribution in [0.5, 0.6) is 23.0 Å². The van der Waals surface area contributed by atoms with E-state index >= 15 is 0 Å². The zero-order valence-electron chi connectivity index (χ0n) is 52.6. The molecule has 15 N–H and O–H groups in total. The van der Waals surface area contributed by atoms with E-state index in [1.165, 1.54) is 42.5 Å². The Morgan fingerprint density at radius 1 is 0.537 bits per heavy atom. The van der Waals surface area contributed by atoms with E-state index in [1.54, 1.807) is 30.3 Å². The fraction of sp³-hybridized carbons (Fsp3) is 0.492. The Hall–Kier alpha value is -8.55. The first-order chi connectivity index (χ1) is 46.1. The Morgan fingerprint density at radius 3 is 1.53 bits per heavy atom. The van der Waals surface area contributed by atoms with Gasteiger partial charge in [-0.1, -0.05) is 18.9 Å². The van der Waals surface area contributed by atoms with Gasteiger partial charge < -0.3 is 97.1 Å². The van der Waals surface area contributed by atoms with Gasteiger partial charge in [-0.15, -0.1) is 0 Å². The summed E-state index contributed by atoms with van der Waals surface area (Å²) in [6.45, 7) is 2.59. The summed E-state index contributed by atoms with van der Waals surface area (Å²) in [5.74, 6) is 1.00. The number of amides is 7. The molecule has 10 rings (SSSR count). The molecule has 0 aliphatic carbocycles. The van der Waals surface area contributed by atoms with Crippen molar-refractivity contribution in [3.63, 3.8) is 0 Å². The standard InChI is InChI=1S/C65H83N13O15S2/c66-62-75-48-36-94-52(57(48)77-62)5-1-3-7-54(81)68-15-21-88-24-18-71-59(84)39-31-40(60(85)72-19-25-89-22-16-69-55(82)8-4-2-6-53-58-49(37-95-53)76-63(67)78-58)33-41(32-39)74-64(87)73-20-26-91-28-27-90-23-17-70-56(83)30-38-9-12-44-47(29-38)65(93-61(44)86)45-13-10-42(79)34-50(45)92-51-35-43(80)11-14-46(51)65/h9-14,29,31-35,48-49,52-53,57-58,79-80H,1-8,15-28,30,36-37H2,(H,68,81)(H,69,82)(H,70,83)(H,71,84)(H,72,85)(H3,66,75,77)(H3,67,76,78)(H2,73,74,87)/t48-,49-,52-,53-,57-,58-/m0/s1. The smallest absolute Gasteiger partial charge is 0.340 e. The Bertz CT molecular complexity index is 3300. The van der Waals surface area contributed by atoms with Gasteiger partial charge in [0, 0.05) is 120 Å². The van der Waals surface area contributed by atoms with Crippen molar-refractivity contribution in [3.8, 4) is 23.0 Å². The van der Waals surface area contributed by atoms with Gasteiger partial charge in [0.05, 0.1) is 89.0 Å². The molecule has 6 aliphatic rings. The van der Waals surface area contributed by atoms with Gasteiger partial charge >= 0.3 is 12.0 Å². The number of rotatable bonds is 36. The highest BCUT2D eigenvalue weighted by atomic mass is 32.2. The lowest BCUT2D eigenvalue weighted by Gasteiger charge is -2.36. The van der Waals surface area contributed by atoms with Crippen LogP contribution in [0.4, 0.5) is 10.5 Å². The number of hydrogen-bond donors (Lipinski definition) is 15. The van der Waals surface area contributed by atoms with Crippen LogP contribution in [0.1, 0.15) is 105 Å². The number of thioether (sulfide) groups is 2. The molecule has 0 bridgehead atoms. The lowest BCUT2D eigenvalue weighted by molar-refractivity contribution is -0.122. The van der Waals surface area contributed by atoms with E-state index in [4.69, 9.17) is 39.2 Å². The van der Waals surface area contributed by atoms with Gasteiger partial charge in [0.25, 0.3) is 11.8 Å². The molecule has 7 amide bonds. The van der Waals surface area contributed by atoms with Crippen LogP contribution in [-0.2, 0) is 50.1 Å². The van der Waals surface area contributed by atoms with Gasteiger partial charge in [0.2, 0.25) is 17.7 Å². The number of phenolic OH excluding ortho intramolecular Hbond substituents is 2. The number of fused-ring (bicyclic) bond motifs is 8. The normalized spacial score (nSPS) is 19.6. The highest BCUT2D eigenvalue weighted by Crippen LogP contribution is 2.57. The van der Waals surface area contributed by atoms with Crippen molar-refractivity contribution in [2.45, 2.75) is 98.1 Å². The summed E-state index contributed by atoms with van der Waals surface area (Å²) in [4.78, 5) is 91.4. The van der Waals surface area contributed by atoms with E-state index in [9.17, 15) is 43.8 Å². The Kier molecular flexibility index (Phi) is 24.6. The monoisotopic (exact) mass is 1350 g/mol. The lowest BCUT2D eigenvalue weighted by Crippen LogP contribution is -2.36. The number of benzene rings is 4. The molecule has 0 saturated carbocycles. The van der Waals surface area contributed by atoms with Crippen LogP contribution >= 0.6 is 23.5 Å². The van der Waals surface area contributed by atoms with Gasteiger partial charge in [-0.05, 0) is 85.8 Å². The number of anilines is 1. The highest BCUT2D eigenvalue weighted by molar-refractivity contribution is 8.00. The second-order valence-electron chi connectivity index (χ2n) is 23.6. The number of esters is 1. The van der Waals surface area contributed by atoms with Crippen LogP contribution in [-0.4, -0.2) is 202 Å². The summed E-state index contributed by atoms with van der Waals surface area (Å²) in [6.07, 6.45) is 6.09. The average molecular weight is 1350 g/mol. The molecule has 6 aliphatic heterocycles. The Balaban J connectivity index is 0.609. The van der Waals surface area contributed by atoms with E-state index in [2.05, 4.69) is 58.5 Å². The second-order valence-corrected chi connectivity index (χ2v) is 26.2. The second kappa shape index (κ2) is 33.7. The van der Waals surface area contributed by atoms with Gasteiger partial charge in [-0.2, -0.15) is 23.5 Å². The van der Waals surface area contributed by atoms with Gasteiger partial charge in [0.15, 0.2) is 17.5 Å². The summed E-state index contributed by atoms with van der Waals surface area (Å²) < 4.78 is 34.8. The van der Waals surface area contributed by atoms with Crippen LogP contribution in [0.25, 0.3) is 0 Å². The Labute approximate surface area is 558 Å². The number of aromatic hydroxyl groups is 2. The molecule has 6 heterocycles. The van der Waals surface area contributed by atoms with Crippen molar-refractivity contribution in [1.82, 2.24) is 53.2 Å². The molecular formula is C65H83N13O15S2. The molecule has 0 radical (unpaired) electrons. The molecule has 510 valence electrons. The zero-order chi connectivity index (χ0) is 66.7. The number of carbonyl (C=O) groups is 7. The number of ether oxygens (including phenoxy) is 6. The summed E-state index contributed by atoms with van der Waals surface area (Å²) in [5.41, 5.74) is 1.21. The third kappa shape index (κ3) is 18.7. The van der Waals surface area contributed by atoms with Crippen LogP contribution in [0.2, 0.25) is 0 Å². The van der Waals surface area contributed by atoms with Crippen LogP contribution in [0.3, 0.4) is 0 Å². The van der Waals surface area contributed by atoms with Gasteiger partial charge in [-0.25, -0.2) is 9.59 Å². The summed E-state index contributed by atoms with van der Waals surface area (Å²) in [6, 6.07) is 18.8. The van der Waals surface area contributed by atoms with Crippen molar-refractivity contribution in [3.05, 3.63) is 112 Å². The molecule has 4 aromatic rings.